The predicted molar refractivity (Wildman–Crippen MR) is 168 cm³/mol. The van der Waals surface area contributed by atoms with E-state index >= 15 is 8.78 Å². The number of terminal acetylenes is 1. The first-order valence-electron chi connectivity index (χ1n) is 14.6. The Kier molecular flexibility index (Phi) is 7.44. The van der Waals surface area contributed by atoms with Gasteiger partial charge in [0.05, 0.1) is 37.0 Å². The molecule has 2 aromatic carbocycles. The van der Waals surface area contributed by atoms with E-state index in [0.29, 0.717) is 28.0 Å². The number of benzene rings is 2. The number of piperazine rings is 1. The number of carbonyl (C=O) groups excluding carboxylic acids is 1. The van der Waals surface area contributed by atoms with Gasteiger partial charge in [0.1, 0.15) is 34.2 Å². The molecular formula is C34H26F3N7O3. The molecular weight excluding hydrogens is 611 g/mol. The number of hydrogen-bond acceptors (Lipinski definition) is 9. The van der Waals surface area contributed by atoms with Crippen LogP contribution in [0.5, 0.6) is 6.01 Å². The summed E-state index contributed by atoms with van der Waals surface area (Å²) >= 11 is 0. The molecule has 2 aliphatic rings. The van der Waals surface area contributed by atoms with E-state index in [4.69, 9.17) is 15.9 Å². The lowest BCUT2D eigenvalue weighted by Gasteiger charge is -2.55. The summed E-state index contributed by atoms with van der Waals surface area (Å²) in [4.78, 5) is 38.1. The number of hydrogen-bond donors (Lipinski definition) is 0. The zero-order valence-electron chi connectivity index (χ0n) is 25.3. The Morgan fingerprint density at radius 1 is 1.11 bits per heavy atom. The molecule has 0 unspecified atom stereocenters. The van der Waals surface area contributed by atoms with Gasteiger partial charge in [-0.3, -0.25) is 9.78 Å². The Bertz CT molecular complexity index is 2160. The van der Waals surface area contributed by atoms with Gasteiger partial charge in [0, 0.05) is 49.1 Å². The van der Waals surface area contributed by atoms with Crippen LogP contribution in [0.25, 0.3) is 39.0 Å². The fourth-order valence-electron chi connectivity index (χ4n) is 6.17. The quantitative estimate of drug-likeness (QED) is 0.201. The number of rotatable bonds is 5. The molecule has 2 fully saturated rings. The predicted octanol–water partition coefficient (Wildman–Crippen LogP) is 4.64. The lowest BCUT2D eigenvalue weighted by atomic mass is 9.91. The van der Waals surface area contributed by atoms with E-state index in [1.807, 2.05) is 4.90 Å². The molecule has 236 valence electrons. The standard InChI is InChI=1S/C34H26F3N7O3/c1-4-22-25(35)9-8-20-6-5-7-23(27(20)22)29-28(37)30-24(15-39-29)31(42-33(41-30)46-3)43-12-13-44(34(16-43)17-47-18-34)32(45)26(36)14-21-10-11-38-19(2)40-21/h1,5-11,14-15H,12-13,16-18H2,2-3H3/b26-14-. The van der Waals surface area contributed by atoms with Gasteiger partial charge in [0.2, 0.25) is 0 Å². The second kappa shape index (κ2) is 11.6. The van der Waals surface area contributed by atoms with Gasteiger partial charge < -0.3 is 19.3 Å². The maximum Gasteiger partial charge on any atom is 0.318 e. The first kappa shape index (κ1) is 30.1. The average Bonchev–Trinajstić information content (AvgIpc) is 3.06. The van der Waals surface area contributed by atoms with Gasteiger partial charge in [-0.15, -0.1) is 6.42 Å². The number of aryl methyl sites for hydroxylation is 1. The molecule has 7 rings (SSSR count). The fraction of sp³-hybridized carbons (Fsp3) is 0.235. The van der Waals surface area contributed by atoms with Gasteiger partial charge >= 0.3 is 6.01 Å². The van der Waals surface area contributed by atoms with E-state index in [2.05, 4.69) is 30.8 Å². The number of ether oxygens (including phenoxy) is 2. The Balaban J connectivity index is 1.27. The van der Waals surface area contributed by atoms with Crippen molar-refractivity contribution in [1.82, 2.24) is 29.8 Å². The highest BCUT2D eigenvalue weighted by molar-refractivity contribution is 6.02. The molecule has 10 nitrogen and oxygen atoms in total. The number of nitrogens with zero attached hydrogens (tertiary/aromatic N) is 7. The fourth-order valence-corrected chi connectivity index (χ4v) is 6.17. The Morgan fingerprint density at radius 3 is 2.66 bits per heavy atom. The number of fused-ring (bicyclic) bond motifs is 2. The van der Waals surface area contributed by atoms with E-state index in [1.165, 1.54) is 36.5 Å². The van der Waals surface area contributed by atoms with E-state index in [1.54, 1.807) is 31.2 Å². The highest BCUT2D eigenvalue weighted by Crippen LogP contribution is 2.39. The number of carbonyl (C=O) groups is 1. The van der Waals surface area contributed by atoms with E-state index in [9.17, 15) is 9.18 Å². The maximum atomic E-state index is 16.5. The number of anilines is 1. The van der Waals surface area contributed by atoms with Crippen LogP contribution in [0.1, 0.15) is 17.1 Å². The second-order valence-corrected chi connectivity index (χ2v) is 11.3. The summed E-state index contributed by atoms with van der Waals surface area (Å²) in [6.07, 6.45) is 9.67. The lowest BCUT2D eigenvalue weighted by Crippen LogP contribution is -2.73. The summed E-state index contributed by atoms with van der Waals surface area (Å²) < 4.78 is 57.3. The number of pyridine rings is 1. The van der Waals surface area contributed by atoms with Crippen LogP contribution in [0.15, 0.2) is 54.6 Å². The van der Waals surface area contributed by atoms with Crippen molar-refractivity contribution in [3.05, 3.63) is 83.3 Å². The molecule has 1 amide bonds. The Labute approximate surface area is 266 Å². The molecule has 13 heteroatoms. The molecule has 5 aromatic rings. The smallest absolute Gasteiger partial charge is 0.318 e. The van der Waals surface area contributed by atoms with Crippen molar-refractivity contribution < 1.29 is 27.4 Å². The Morgan fingerprint density at radius 2 is 1.94 bits per heavy atom. The molecule has 0 atom stereocenters. The van der Waals surface area contributed by atoms with E-state index in [-0.39, 0.29) is 66.7 Å². The second-order valence-electron chi connectivity index (χ2n) is 11.3. The normalized spacial score (nSPS) is 16.0. The molecule has 3 aromatic heterocycles. The minimum Gasteiger partial charge on any atom is -0.467 e. The molecule has 0 N–H and O–H groups in total. The monoisotopic (exact) mass is 637 g/mol. The van der Waals surface area contributed by atoms with E-state index in [0.717, 1.165) is 6.08 Å². The zero-order valence-corrected chi connectivity index (χ0v) is 25.3. The third kappa shape index (κ3) is 5.07. The van der Waals surface area contributed by atoms with Crippen LogP contribution >= 0.6 is 0 Å². The van der Waals surface area contributed by atoms with Crippen molar-refractivity contribution in [1.29, 1.82) is 0 Å². The molecule has 0 bridgehead atoms. The molecule has 2 aliphatic heterocycles. The molecule has 0 radical (unpaired) electrons. The molecule has 1 spiro atoms. The molecule has 2 saturated heterocycles. The summed E-state index contributed by atoms with van der Waals surface area (Å²) in [5, 5.41) is 1.26. The largest absolute Gasteiger partial charge is 0.467 e. The van der Waals surface area contributed by atoms with Crippen LogP contribution in [0.4, 0.5) is 19.0 Å². The van der Waals surface area contributed by atoms with Crippen molar-refractivity contribution in [2.75, 3.05) is 44.9 Å². The molecule has 0 aliphatic carbocycles. The van der Waals surface area contributed by atoms with Crippen molar-refractivity contribution in [2.45, 2.75) is 12.5 Å². The third-order valence-corrected chi connectivity index (χ3v) is 8.43. The van der Waals surface area contributed by atoms with Crippen molar-refractivity contribution >= 4 is 39.5 Å². The summed E-state index contributed by atoms with van der Waals surface area (Å²) in [6, 6.07) is 9.34. The first-order valence-corrected chi connectivity index (χ1v) is 14.6. The topological polar surface area (TPSA) is 106 Å². The van der Waals surface area contributed by atoms with Gasteiger partial charge in [-0.2, -0.15) is 9.97 Å². The SMILES string of the molecule is C#Cc1c(F)ccc2cccc(-c3ncc4c(N5CCN(C(=O)/C(F)=C/c6ccnc(C)n6)C6(COC6)C5)nc(OC)nc4c3F)c12. The van der Waals surface area contributed by atoms with Crippen LogP contribution < -0.4 is 9.64 Å². The minimum absolute atomic E-state index is 0.000720. The van der Waals surface area contributed by atoms with E-state index < -0.39 is 28.9 Å². The highest BCUT2D eigenvalue weighted by Gasteiger charge is 2.51. The first-order chi connectivity index (χ1) is 22.7. The van der Waals surface area contributed by atoms with Crippen LogP contribution in [-0.2, 0) is 9.53 Å². The third-order valence-electron chi connectivity index (χ3n) is 8.43. The van der Waals surface area contributed by atoms with Crippen LogP contribution in [0, 0.1) is 30.9 Å². The molecule has 0 saturated carbocycles. The number of aromatic nitrogens is 5. The maximum absolute atomic E-state index is 16.5. The van der Waals surface area contributed by atoms with Gasteiger partial charge in [-0.25, -0.2) is 23.1 Å². The molecule has 47 heavy (non-hydrogen) atoms. The minimum atomic E-state index is -0.961. The number of methoxy groups -OCH3 is 1. The van der Waals surface area contributed by atoms with Gasteiger partial charge in [0.25, 0.3) is 5.91 Å². The van der Waals surface area contributed by atoms with Gasteiger partial charge in [-0.05, 0) is 24.4 Å². The van der Waals surface area contributed by atoms with Crippen molar-refractivity contribution in [2.24, 2.45) is 0 Å². The highest BCUT2D eigenvalue weighted by atomic mass is 19.1. The zero-order chi connectivity index (χ0) is 32.9. The number of halogens is 3. The summed E-state index contributed by atoms with van der Waals surface area (Å²) in [7, 11) is 1.36. The number of amides is 1. The summed E-state index contributed by atoms with van der Waals surface area (Å²) in [5.74, 6) is 0.0254. The van der Waals surface area contributed by atoms with Crippen LogP contribution in [-0.4, -0.2) is 81.2 Å². The van der Waals surface area contributed by atoms with Gasteiger partial charge in [0.15, 0.2) is 11.6 Å². The van der Waals surface area contributed by atoms with Crippen molar-refractivity contribution in [3.63, 3.8) is 0 Å². The van der Waals surface area contributed by atoms with Crippen LogP contribution in [0.3, 0.4) is 0 Å². The average molecular weight is 638 g/mol. The van der Waals surface area contributed by atoms with Crippen molar-refractivity contribution in [3.8, 4) is 29.6 Å². The summed E-state index contributed by atoms with van der Waals surface area (Å²) in [6.45, 7) is 2.59. The summed E-state index contributed by atoms with van der Waals surface area (Å²) in [5.41, 5.74) is -0.426. The van der Waals surface area contributed by atoms with Crippen LogP contribution in [0.2, 0.25) is 0 Å². The Hall–Kier alpha value is -5.61. The van der Waals surface area contributed by atoms with Gasteiger partial charge in [-0.1, -0.05) is 30.2 Å². The lowest BCUT2D eigenvalue weighted by molar-refractivity contribution is -0.167. The molecule has 5 heterocycles.